The number of carbonyl (C=O) groups excluding carboxylic acids is 1. The number of esters is 1. The normalized spacial score (nSPS) is 11.5. The van der Waals surface area contributed by atoms with Gasteiger partial charge in [-0.1, -0.05) is 0 Å². The van der Waals surface area contributed by atoms with Crippen LogP contribution >= 0.6 is 12.4 Å². The van der Waals surface area contributed by atoms with E-state index in [-0.39, 0.29) is 18.8 Å². The lowest BCUT2D eigenvalue weighted by Gasteiger charge is -2.03. The molecule has 0 aliphatic rings. The first-order valence-corrected chi connectivity index (χ1v) is 3.14. The van der Waals surface area contributed by atoms with Gasteiger partial charge in [0.1, 0.15) is 0 Å². The molecule has 0 saturated heterocycles. The molecule has 0 aromatic heterocycles. The quantitative estimate of drug-likeness (QED) is 0.655. The number of rotatable bonds is 4. The van der Waals surface area contributed by atoms with Gasteiger partial charge in [0.05, 0.1) is 7.11 Å². The van der Waals surface area contributed by atoms with Crippen molar-refractivity contribution < 1.29 is 13.9 Å². The van der Waals surface area contributed by atoms with Crippen molar-refractivity contribution in [2.75, 3.05) is 13.7 Å². The molecule has 2 N–H and O–H groups in total. The molecule has 3 nitrogen and oxygen atoms in total. The first kappa shape index (κ1) is 13.3. The topological polar surface area (TPSA) is 52.3 Å². The molecule has 0 aliphatic carbocycles. The van der Waals surface area contributed by atoms with Crippen LogP contribution in [0.2, 0.25) is 0 Å². The van der Waals surface area contributed by atoms with Gasteiger partial charge < -0.3 is 10.5 Å². The molecule has 0 spiro atoms. The summed E-state index contributed by atoms with van der Waals surface area (Å²) in [5, 5.41) is 0. The highest BCUT2D eigenvalue weighted by Crippen LogP contribution is 2.02. The lowest BCUT2D eigenvalue weighted by Crippen LogP contribution is -2.18. The lowest BCUT2D eigenvalue weighted by atomic mass is 10.2. The van der Waals surface area contributed by atoms with E-state index >= 15 is 0 Å². The highest BCUT2D eigenvalue weighted by Gasteiger charge is 2.15. The second-order valence-electron chi connectivity index (χ2n) is 1.92. The van der Waals surface area contributed by atoms with Crippen molar-refractivity contribution >= 4 is 18.4 Å². The molecule has 0 bridgehead atoms. The maximum atomic E-state index is 12.5. The Hall–Kier alpha value is -0.350. The van der Waals surface area contributed by atoms with E-state index in [1.165, 1.54) is 0 Å². The van der Waals surface area contributed by atoms with Gasteiger partial charge in [0.25, 0.3) is 0 Å². The van der Waals surface area contributed by atoms with Gasteiger partial charge in [-0.05, 0) is 19.4 Å². The lowest BCUT2D eigenvalue weighted by molar-refractivity contribution is -0.146. The summed E-state index contributed by atoms with van der Waals surface area (Å²) in [6.07, 6.45) is -0.840. The van der Waals surface area contributed by atoms with Crippen molar-refractivity contribution in [2.45, 2.75) is 19.0 Å². The summed E-state index contributed by atoms with van der Waals surface area (Å²) < 4.78 is 16.6. The number of hydrogen-bond donors (Lipinski definition) is 1. The fourth-order valence-electron chi connectivity index (χ4n) is 0.543. The van der Waals surface area contributed by atoms with Crippen molar-refractivity contribution in [1.82, 2.24) is 0 Å². The summed E-state index contributed by atoms with van der Waals surface area (Å²) in [7, 11) is 1.16. The summed E-state index contributed by atoms with van der Waals surface area (Å²) in [6, 6.07) is 0. The van der Waals surface area contributed by atoms with Crippen molar-refractivity contribution in [1.29, 1.82) is 0 Å². The molecule has 0 rings (SSSR count). The predicted molar refractivity (Wildman–Crippen MR) is 42.4 cm³/mol. The van der Waals surface area contributed by atoms with Crippen LogP contribution in [0, 0.1) is 0 Å². The summed E-state index contributed by atoms with van der Waals surface area (Å²) in [4.78, 5) is 10.4. The number of nitrogens with two attached hydrogens (primary N) is 1. The first-order valence-electron chi connectivity index (χ1n) is 3.14. The molecular weight excluding hydrogens is 173 g/mol. The molecular formula is C6H13ClFNO2. The largest absolute Gasteiger partial charge is 0.467 e. The minimum absolute atomic E-state index is 0. The van der Waals surface area contributed by atoms with Gasteiger partial charge in [-0.15, -0.1) is 12.4 Å². The van der Waals surface area contributed by atoms with Crippen molar-refractivity contribution in [2.24, 2.45) is 5.73 Å². The molecule has 1 atom stereocenters. The highest BCUT2D eigenvalue weighted by molar-refractivity contribution is 5.85. The van der Waals surface area contributed by atoms with Gasteiger partial charge in [0, 0.05) is 0 Å². The van der Waals surface area contributed by atoms with E-state index in [1.54, 1.807) is 0 Å². The molecule has 0 aliphatic heterocycles. The molecule has 68 valence electrons. The molecule has 0 fully saturated rings. The van der Waals surface area contributed by atoms with Crippen LogP contribution in [0.25, 0.3) is 0 Å². The zero-order valence-electron chi connectivity index (χ0n) is 6.38. The highest BCUT2D eigenvalue weighted by atomic mass is 35.5. The van der Waals surface area contributed by atoms with Crippen LogP contribution in [0.1, 0.15) is 12.8 Å². The first-order chi connectivity index (χ1) is 4.72. The molecule has 11 heavy (non-hydrogen) atoms. The van der Waals surface area contributed by atoms with Crippen molar-refractivity contribution in [3.8, 4) is 0 Å². The van der Waals surface area contributed by atoms with Gasteiger partial charge in [-0.25, -0.2) is 9.18 Å². The predicted octanol–water partition coefficient (Wildman–Crippen LogP) is 0.658. The Labute approximate surface area is 71.5 Å². The smallest absolute Gasteiger partial charge is 0.340 e. The fourth-order valence-corrected chi connectivity index (χ4v) is 0.543. The van der Waals surface area contributed by atoms with Crippen molar-refractivity contribution in [3.63, 3.8) is 0 Å². The van der Waals surface area contributed by atoms with Crippen LogP contribution < -0.4 is 5.73 Å². The standard InChI is InChI=1S/C6H12FNO2.ClH/c1-10-6(9)5(7)3-2-4-8;/h5H,2-4,8H2,1H3;1H. The summed E-state index contributed by atoms with van der Waals surface area (Å²) >= 11 is 0. The number of hydrogen-bond acceptors (Lipinski definition) is 3. The summed E-state index contributed by atoms with van der Waals surface area (Å²) in [5.41, 5.74) is 5.10. The zero-order valence-corrected chi connectivity index (χ0v) is 7.20. The average molecular weight is 186 g/mol. The SMILES string of the molecule is COC(=O)C(F)CCCN.Cl. The fraction of sp³-hybridized carbons (Fsp3) is 0.833. The van der Waals surface area contributed by atoms with Crippen LogP contribution in [0.5, 0.6) is 0 Å². The maximum Gasteiger partial charge on any atom is 0.340 e. The van der Waals surface area contributed by atoms with E-state index in [0.29, 0.717) is 13.0 Å². The van der Waals surface area contributed by atoms with E-state index in [9.17, 15) is 9.18 Å². The van der Waals surface area contributed by atoms with Crippen LogP contribution in [0.15, 0.2) is 0 Å². The van der Waals surface area contributed by atoms with Crippen LogP contribution in [0.3, 0.4) is 0 Å². The Morgan fingerprint density at radius 2 is 2.27 bits per heavy atom. The molecule has 0 aromatic rings. The zero-order chi connectivity index (χ0) is 7.98. The van der Waals surface area contributed by atoms with Gasteiger partial charge >= 0.3 is 5.97 Å². The van der Waals surface area contributed by atoms with Gasteiger partial charge in [-0.2, -0.15) is 0 Å². The molecule has 5 heteroatoms. The minimum Gasteiger partial charge on any atom is -0.467 e. The number of carbonyl (C=O) groups is 1. The second-order valence-corrected chi connectivity index (χ2v) is 1.92. The third-order valence-corrected chi connectivity index (χ3v) is 1.12. The van der Waals surface area contributed by atoms with Crippen LogP contribution in [-0.2, 0) is 9.53 Å². The van der Waals surface area contributed by atoms with E-state index < -0.39 is 12.1 Å². The number of halogens is 2. The van der Waals surface area contributed by atoms with Crippen molar-refractivity contribution in [3.05, 3.63) is 0 Å². The van der Waals surface area contributed by atoms with Gasteiger partial charge in [0.15, 0.2) is 6.17 Å². The van der Waals surface area contributed by atoms with Crippen LogP contribution in [0.4, 0.5) is 4.39 Å². The Morgan fingerprint density at radius 1 is 1.73 bits per heavy atom. The third kappa shape index (κ3) is 6.06. The summed E-state index contributed by atoms with van der Waals surface area (Å²) in [6.45, 7) is 0.400. The Balaban J connectivity index is 0. The molecule has 1 unspecified atom stereocenters. The molecule has 0 aromatic carbocycles. The number of alkyl halides is 1. The van der Waals surface area contributed by atoms with E-state index in [0.717, 1.165) is 7.11 Å². The molecule has 0 saturated carbocycles. The Bertz CT molecular complexity index is 113. The third-order valence-electron chi connectivity index (χ3n) is 1.12. The summed E-state index contributed by atoms with van der Waals surface area (Å²) in [5.74, 6) is -0.812. The van der Waals surface area contributed by atoms with Crippen LogP contribution in [-0.4, -0.2) is 25.8 Å². The van der Waals surface area contributed by atoms with E-state index in [2.05, 4.69) is 4.74 Å². The second kappa shape index (κ2) is 7.75. The monoisotopic (exact) mass is 185 g/mol. The Kier molecular flexibility index (Phi) is 9.34. The van der Waals surface area contributed by atoms with Gasteiger partial charge in [0.2, 0.25) is 0 Å². The minimum atomic E-state index is -1.51. The maximum absolute atomic E-state index is 12.5. The van der Waals surface area contributed by atoms with E-state index in [4.69, 9.17) is 5.73 Å². The molecule has 0 heterocycles. The number of ether oxygens (including phenoxy) is 1. The number of methoxy groups -OCH3 is 1. The molecule has 0 amide bonds. The average Bonchev–Trinajstić information content (AvgIpc) is 1.98. The van der Waals surface area contributed by atoms with Gasteiger partial charge in [-0.3, -0.25) is 0 Å². The van der Waals surface area contributed by atoms with E-state index in [1.807, 2.05) is 0 Å². The molecule has 0 radical (unpaired) electrons. The Morgan fingerprint density at radius 3 is 2.64 bits per heavy atom.